The van der Waals surface area contributed by atoms with Gasteiger partial charge >= 0.3 is 17.9 Å². The van der Waals surface area contributed by atoms with Gasteiger partial charge in [-0.2, -0.15) is 0 Å². The molecule has 0 saturated carbocycles. The minimum Gasteiger partial charge on any atom is -0.462 e. The van der Waals surface area contributed by atoms with Crippen molar-refractivity contribution in [1.82, 2.24) is 0 Å². The second-order valence-corrected chi connectivity index (χ2v) is 19.9. The molecule has 0 fully saturated rings. The summed E-state index contributed by atoms with van der Waals surface area (Å²) in [5.41, 5.74) is 0. The summed E-state index contributed by atoms with van der Waals surface area (Å²) in [6, 6.07) is 0. The third kappa shape index (κ3) is 52.9. The normalized spacial score (nSPS) is 12.1. The first-order valence-electron chi connectivity index (χ1n) is 29.3. The van der Waals surface area contributed by atoms with E-state index in [4.69, 9.17) is 14.2 Å². The van der Waals surface area contributed by atoms with Crippen LogP contribution in [0, 0.1) is 0 Å². The fraction of sp³-hybridized carbons (Fsp3) is 0.883. The van der Waals surface area contributed by atoms with Gasteiger partial charge in [-0.25, -0.2) is 0 Å². The van der Waals surface area contributed by atoms with Crippen molar-refractivity contribution in [2.24, 2.45) is 0 Å². The lowest BCUT2D eigenvalue weighted by atomic mass is 10.0. The van der Waals surface area contributed by atoms with Crippen molar-refractivity contribution in [3.63, 3.8) is 0 Å². The predicted octanol–water partition coefficient (Wildman–Crippen LogP) is 19.5. The molecule has 0 aromatic carbocycles. The van der Waals surface area contributed by atoms with E-state index < -0.39 is 6.10 Å². The highest BCUT2D eigenvalue weighted by atomic mass is 16.6. The Kier molecular flexibility index (Phi) is 53.7. The van der Waals surface area contributed by atoms with Crippen LogP contribution in [0.15, 0.2) is 24.3 Å². The molecule has 0 aliphatic heterocycles. The molecule has 0 aliphatic rings. The first kappa shape index (κ1) is 63.9. The molecule has 0 spiro atoms. The smallest absolute Gasteiger partial charge is 0.306 e. The van der Waals surface area contributed by atoms with Gasteiger partial charge in [-0.3, -0.25) is 14.4 Å². The van der Waals surface area contributed by atoms with E-state index in [0.29, 0.717) is 19.3 Å². The molecule has 6 nitrogen and oxygen atoms in total. The maximum Gasteiger partial charge on any atom is 0.306 e. The van der Waals surface area contributed by atoms with Gasteiger partial charge in [0, 0.05) is 19.3 Å². The molecule has 0 amide bonds. The first-order chi connectivity index (χ1) is 32.5. The van der Waals surface area contributed by atoms with Gasteiger partial charge in [0.05, 0.1) is 0 Å². The van der Waals surface area contributed by atoms with Crippen LogP contribution in [0.5, 0.6) is 0 Å². The molecular weight excluding hydrogens is 817 g/mol. The summed E-state index contributed by atoms with van der Waals surface area (Å²) in [5, 5.41) is 0. The highest BCUT2D eigenvalue weighted by Gasteiger charge is 2.19. The molecule has 0 aromatic heterocycles. The Labute approximate surface area is 411 Å². The van der Waals surface area contributed by atoms with Gasteiger partial charge in [-0.1, -0.05) is 276 Å². The standard InChI is InChI=1S/C60H112O6/c1-4-7-10-13-16-19-22-25-27-29-30-32-33-35-38-41-44-47-50-53-59(62)65-56-57(55-64-58(61)52-49-46-43-40-37-24-21-18-15-12-9-6-3)66-60(63)54-51-48-45-42-39-36-34-31-28-26-23-20-17-14-11-8-5-2/h16,19,25,27,57H,4-15,17-18,20-24,26,28-56H2,1-3H3/b19-16-,27-25-/t57-/m1/s1. The average Bonchev–Trinajstić information content (AvgIpc) is 3.31. The van der Waals surface area contributed by atoms with Crippen LogP contribution in [0.3, 0.4) is 0 Å². The van der Waals surface area contributed by atoms with Gasteiger partial charge in [0.15, 0.2) is 6.10 Å². The Morgan fingerprint density at radius 1 is 0.303 bits per heavy atom. The van der Waals surface area contributed by atoms with Crippen molar-refractivity contribution >= 4 is 17.9 Å². The number of carbonyl (C=O) groups is 3. The summed E-state index contributed by atoms with van der Waals surface area (Å²) in [6.45, 7) is 6.66. The van der Waals surface area contributed by atoms with Crippen molar-refractivity contribution in [1.29, 1.82) is 0 Å². The summed E-state index contributed by atoms with van der Waals surface area (Å²) in [5.74, 6) is -0.849. The molecule has 0 radical (unpaired) electrons. The Morgan fingerprint density at radius 3 is 0.864 bits per heavy atom. The average molecular weight is 930 g/mol. The maximum absolute atomic E-state index is 12.9. The topological polar surface area (TPSA) is 78.9 Å². The van der Waals surface area contributed by atoms with E-state index in [1.807, 2.05) is 0 Å². The zero-order chi connectivity index (χ0) is 47.9. The van der Waals surface area contributed by atoms with Gasteiger partial charge in [-0.05, 0) is 51.4 Å². The Hall–Kier alpha value is -2.11. The minimum atomic E-state index is -0.767. The van der Waals surface area contributed by atoms with E-state index in [1.165, 1.54) is 218 Å². The molecule has 0 aliphatic carbocycles. The summed E-state index contributed by atoms with van der Waals surface area (Å²) < 4.78 is 16.9. The lowest BCUT2D eigenvalue weighted by molar-refractivity contribution is -0.167. The monoisotopic (exact) mass is 929 g/mol. The molecule has 0 bridgehead atoms. The molecule has 0 rings (SSSR count). The Morgan fingerprint density at radius 2 is 0.545 bits per heavy atom. The molecule has 0 aromatic rings. The number of unbranched alkanes of at least 4 members (excludes halogenated alkanes) is 39. The number of esters is 3. The third-order valence-corrected chi connectivity index (χ3v) is 13.2. The molecule has 0 saturated heterocycles. The highest BCUT2D eigenvalue weighted by Crippen LogP contribution is 2.17. The summed E-state index contributed by atoms with van der Waals surface area (Å²) in [7, 11) is 0. The van der Waals surface area contributed by atoms with Gasteiger partial charge in [0.25, 0.3) is 0 Å². The van der Waals surface area contributed by atoms with Crippen molar-refractivity contribution in [2.75, 3.05) is 13.2 Å². The van der Waals surface area contributed by atoms with Crippen molar-refractivity contribution in [2.45, 2.75) is 329 Å². The molecule has 388 valence electrons. The van der Waals surface area contributed by atoms with E-state index in [2.05, 4.69) is 45.1 Å². The van der Waals surface area contributed by atoms with Crippen LogP contribution in [-0.2, 0) is 28.6 Å². The largest absolute Gasteiger partial charge is 0.462 e. The number of hydrogen-bond donors (Lipinski definition) is 0. The predicted molar refractivity (Wildman–Crippen MR) is 284 cm³/mol. The van der Waals surface area contributed by atoms with Crippen molar-refractivity contribution in [3.05, 3.63) is 24.3 Å². The van der Waals surface area contributed by atoms with Crippen LogP contribution in [-0.4, -0.2) is 37.2 Å². The lowest BCUT2D eigenvalue weighted by Gasteiger charge is -2.18. The second-order valence-electron chi connectivity index (χ2n) is 19.9. The second kappa shape index (κ2) is 55.5. The number of allylic oxidation sites excluding steroid dienone is 4. The van der Waals surface area contributed by atoms with E-state index in [0.717, 1.165) is 64.2 Å². The highest BCUT2D eigenvalue weighted by molar-refractivity contribution is 5.71. The van der Waals surface area contributed by atoms with Crippen LogP contribution < -0.4 is 0 Å². The number of ether oxygens (including phenoxy) is 3. The maximum atomic E-state index is 12.9. The minimum absolute atomic E-state index is 0.0668. The number of carbonyl (C=O) groups excluding carboxylic acids is 3. The fourth-order valence-corrected chi connectivity index (χ4v) is 8.77. The first-order valence-corrected chi connectivity index (χ1v) is 29.3. The van der Waals surface area contributed by atoms with E-state index in [9.17, 15) is 14.4 Å². The van der Waals surface area contributed by atoms with Gasteiger partial charge in [-0.15, -0.1) is 0 Å². The van der Waals surface area contributed by atoms with Crippen LogP contribution in [0.25, 0.3) is 0 Å². The van der Waals surface area contributed by atoms with Gasteiger partial charge in [0.1, 0.15) is 13.2 Å². The SMILES string of the molecule is CCCCC/C=C\C/C=C\CCCCCCCCCCCC(=O)OC[C@@H](COC(=O)CCCCCCCCCCCCCC)OC(=O)CCCCCCCCCCCCCCCCCCC. The quantitative estimate of drug-likeness (QED) is 0.0262. The van der Waals surface area contributed by atoms with Gasteiger partial charge < -0.3 is 14.2 Å². The van der Waals surface area contributed by atoms with Gasteiger partial charge in [0.2, 0.25) is 0 Å². The van der Waals surface area contributed by atoms with E-state index in [1.54, 1.807) is 0 Å². The lowest BCUT2D eigenvalue weighted by Crippen LogP contribution is -2.30. The van der Waals surface area contributed by atoms with Crippen LogP contribution in [0.1, 0.15) is 323 Å². The molecule has 1 atom stereocenters. The summed E-state index contributed by atoms with van der Waals surface area (Å²) in [4.78, 5) is 38.1. The molecular formula is C60H112O6. The number of hydrogen-bond acceptors (Lipinski definition) is 6. The summed E-state index contributed by atoms with van der Waals surface area (Å²) in [6.07, 6.45) is 64.5. The molecule has 0 N–H and O–H groups in total. The van der Waals surface area contributed by atoms with Crippen molar-refractivity contribution < 1.29 is 28.6 Å². The van der Waals surface area contributed by atoms with Crippen molar-refractivity contribution in [3.8, 4) is 0 Å². The molecule has 66 heavy (non-hydrogen) atoms. The van der Waals surface area contributed by atoms with Crippen LogP contribution in [0.2, 0.25) is 0 Å². The Bertz CT molecular complexity index is 1070. The number of rotatable bonds is 54. The zero-order valence-corrected chi connectivity index (χ0v) is 44.5. The van der Waals surface area contributed by atoms with E-state index >= 15 is 0 Å². The fourth-order valence-electron chi connectivity index (χ4n) is 8.77. The van der Waals surface area contributed by atoms with E-state index in [-0.39, 0.29) is 31.1 Å². The van der Waals surface area contributed by atoms with Crippen LogP contribution >= 0.6 is 0 Å². The van der Waals surface area contributed by atoms with Crippen LogP contribution in [0.4, 0.5) is 0 Å². The molecule has 0 heterocycles. The third-order valence-electron chi connectivity index (χ3n) is 13.2. The molecule has 0 unspecified atom stereocenters. The summed E-state index contributed by atoms with van der Waals surface area (Å²) >= 11 is 0. The zero-order valence-electron chi connectivity index (χ0n) is 44.5. The Balaban J connectivity index is 4.30. The molecule has 6 heteroatoms.